The van der Waals surface area contributed by atoms with Crippen molar-refractivity contribution in [2.24, 2.45) is 17.6 Å². The minimum absolute atomic E-state index is 0.0778. The van der Waals surface area contributed by atoms with Crippen LogP contribution in [0.1, 0.15) is 33.1 Å². The molecule has 0 amide bonds. The Hall–Kier alpha value is -0.880. The number of nitrogens with zero attached hydrogens (tertiary/aromatic N) is 2. The van der Waals surface area contributed by atoms with Gasteiger partial charge in [-0.05, 0) is 47.2 Å². The maximum absolute atomic E-state index is 12.2. The lowest BCUT2D eigenvalue weighted by Gasteiger charge is -2.21. The molecule has 5 nitrogen and oxygen atoms in total. The molecule has 0 bridgehead atoms. The number of hydrogen-bond donors (Lipinski definition) is 2. The average molecular weight is 343 g/mol. The van der Waals surface area contributed by atoms with Crippen molar-refractivity contribution in [1.29, 1.82) is 0 Å². The fourth-order valence-corrected chi connectivity index (χ4v) is 3.17. The lowest BCUT2D eigenvalue weighted by atomic mass is 10.0. The first-order valence-corrected chi connectivity index (χ1v) is 8.04. The van der Waals surface area contributed by atoms with Crippen molar-refractivity contribution in [2.75, 3.05) is 11.9 Å². The van der Waals surface area contributed by atoms with E-state index in [-0.39, 0.29) is 5.56 Å². The van der Waals surface area contributed by atoms with E-state index >= 15 is 0 Å². The number of aromatic nitrogens is 2. The van der Waals surface area contributed by atoms with Crippen LogP contribution >= 0.6 is 15.9 Å². The Kier molecular flexibility index (Phi) is 5.21. The Morgan fingerprint density at radius 2 is 2.30 bits per heavy atom. The highest BCUT2D eigenvalue weighted by molar-refractivity contribution is 9.10. The predicted octanol–water partition coefficient (Wildman–Crippen LogP) is 2.20. The Labute approximate surface area is 128 Å². The summed E-state index contributed by atoms with van der Waals surface area (Å²) in [5.74, 6) is 0.877. The highest BCUT2D eigenvalue weighted by Crippen LogP contribution is 2.29. The topological polar surface area (TPSA) is 72.9 Å². The maximum Gasteiger partial charge on any atom is 0.283 e. The van der Waals surface area contributed by atoms with E-state index in [4.69, 9.17) is 5.73 Å². The molecule has 1 heterocycles. The van der Waals surface area contributed by atoms with Gasteiger partial charge in [0, 0.05) is 12.6 Å². The number of hydrogen-bond acceptors (Lipinski definition) is 4. The number of halogens is 1. The molecule has 6 heteroatoms. The molecule has 2 atom stereocenters. The van der Waals surface area contributed by atoms with E-state index in [1.54, 1.807) is 6.20 Å². The predicted molar refractivity (Wildman–Crippen MR) is 84.8 cm³/mol. The third-order valence-electron chi connectivity index (χ3n) is 3.83. The first-order valence-electron chi connectivity index (χ1n) is 7.25. The molecule has 1 aliphatic carbocycles. The molecule has 0 aromatic carbocycles. The van der Waals surface area contributed by atoms with E-state index in [9.17, 15) is 4.79 Å². The van der Waals surface area contributed by atoms with Gasteiger partial charge in [0.05, 0.1) is 11.9 Å². The van der Waals surface area contributed by atoms with Crippen LogP contribution in [0.2, 0.25) is 0 Å². The minimum Gasteiger partial charge on any atom is -0.380 e. The fourth-order valence-electron chi connectivity index (χ4n) is 2.75. The van der Waals surface area contributed by atoms with Crippen molar-refractivity contribution >= 4 is 21.6 Å². The molecule has 1 aromatic rings. The van der Waals surface area contributed by atoms with Gasteiger partial charge < -0.3 is 11.1 Å². The SMILES string of the molecule is CC(C)Cn1ncc(NC2CCCC2CN)c(Br)c1=O. The molecular weight excluding hydrogens is 320 g/mol. The number of anilines is 1. The highest BCUT2D eigenvalue weighted by atomic mass is 79.9. The van der Waals surface area contributed by atoms with E-state index < -0.39 is 0 Å². The molecule has 0 aliphatic heterocycles. The zero-order valence-corrected chi connectivity index (χ0v) is 13.7. The summed E-state index contributed by atoms with van der Waals surface area (Å²) in [5, 5.41) is 7.68. The Balaban J connectivity index is 2.17. The van der Waals surface area contributed by atoms with Crippen LogP contribution in [0.5, 0.6) is 0 Å². The van der Waals surface area contributed by atoms with E-state index in [0.717, 1.165) is 18.5 Å². The summed E-state index contributed by atoms with van der Waals surface area (Å²) in [4.78, 5) is 12.2. The van der Waals surface area contributed by atoms with Crippen LogP contribution in [0.15, 0.2) is 15.5 Å². The van der Waals surface area contributed by atoms with E-state index in [2.05, 4.69) is 40.2 Å². The van der Waals surface area contributed by atoms with E-state index in [1.807, 2.05) is 0 Å². The van der Waals surface area contributed by atoms with Crippen LogP contribution in [0.3, 0.4) is 0 Å². The average Bonchev–Trinajstić information content (AvgIpc) is 2.85. The van der Waals surface area contributed by atoms with Gasteiger partial charge in [-0.1, -0.05) is 20.3 Å². The monoisotopic (exact) mass is 342 g/mol. The maximum atomic E-state index is 12.2. The van der Waals surface area contributed by atoms with Crippen LogP contribution in [-0.4, -0.2) is 22.4 Å². The minimum atomic E-state index is -0.0778. The number of rotatable bonds is 5. The molecule has 1 saturated carbocycles. The summed E-state index contributed by atoms with van der Waals surface area (Å²) in [5.41, 5.74) is 6.49. The second kappa shape index (κ2) is 6.72. The van der Waals surface area contributed by atoms with Gasteiger partial charge in [0.15, 0.2) is 0 Å². The highest BCUT2D eigenvalue weighted by Gasteiger charge is 2.26. The van der Waals surface area contributed by atoms with Crippen molar-refractivity contribution in [3.8, 4) is 0 Å². The van der Waals surface area contributed by atoms with Gasteiger partial charge in [-0.15, -0.1) is 0 Å². The second-order valence-electron chi connectivity index (χ2n) is 5.93. The number of nitrogens with two attached hydrogens (primary N) is 1. The molecule has 0 spiro atoms. The normalized spacial score (nSPS) is 22.4. The van der Waals surface area contributed by atoms with Crippen LogP contribution in [0.25, 0.3) is 0 Å². The molecule has 0 radical (unpaired) electrons. The fraction of sp³-hybridized carbons (Fsp3) is 0.714. The Morgan fingerprint density at radius 3 is 2.95 bits per heavy atom. The van der Waals surface area contributed by atoms with Gasteiger partial charge in [0.2, 0.25) is 0 Å². The molecule has 2 unspecified atom stereocenters. The van der Waals surface area contributed by atoms with Crippen LogP contribution in [-0.2, 0) is 6.54 Å². The summed E-state index contributed by atoms with van der Waals surface area (Å²) in [7, 11) is 0. The first kappa shape index (κ1) is 15.5. The summed E-state index contributed by atoms with van der Waals surface area (Å²) < 4.78 is 2.07. The van der Waals surface area contributed by atoms with Gasteiger partial charge in [0.1, 0.15) is 4.47 Å². The van der Waals surface area contributed by atoms with Crippen LogP contribution < -0.4 is 16.6 Å². The van der Waals surface area contributed by atoms with Crippen molar-refractivity contribution < 1.29 is 0 Å². The van der Waals surface area contributed by atoms with Crippen LogP contribution in [0, 0.1) is 11.8 Å². The molecular formula is C14H23BrN4O. The second-order valence-corrected chi connectivity index (χ2v) is 6.72. The first-order chi connectivity index (χ1) is 9.52. The largest absolute Gasteiger partial charge is 0.380 e. The van der Waals surface area contributed by atoms with E-state index in [1.165, 1.54) is 11.1 Å². The molecule has 0 saturated heterocycles. The van der Waals surface area contributed by atoms with Gasteiger partial charge in [-0.3, -0.25) is 4.79 Å². The molecule has 20 heavy (non-hydrogen) atoms. The molecule has 1 aromatic heterocycles. The third kappa shape index (κ3) is 3.41. The van der Waals surface area contributed by atoms with Crippen molar-refractivity contribution in [1.82, 2.24) is 9.78 Å². The van der Waals surface area contributed by atoms with Crippen molar-refractivity contribution in [3.63, 3.8) is 0 Å². The zero-order valence-electron chi connectivity index (χ0n) is 12.1. The molecule has 112 valence electrons. The Morgan fingerprint density at radius 1 is 1.55 bits per heavy atom. The van der Waals surface area contributed by atoms with Gasteiger partial charge in [-0.2, -0.15) is 5.10 Å². The third-order valence-corrected chi connectivity index (χ3v) is 4.59. The van der Waals surface area contributed by atoms with Gasteiger partial charge in [-0.25, -0.2) is 4.68 Å². The quantitative estimate of drug-likeness (QED) is 0.860. The van der Waals surface area contributed by atoms with Crippen LogP contribution in [0.4, 0.5) is 5.69 Å². The summed E-state index contributed by atoms with van der Waals surface area (Å²) >= 11 is 3.40. The summed E-state index contributed by atoms with van der Waals surface area (Å²) in [6, 6.07) is 0.346. The van der Waals surface area contributed by atoms with Gasteiger partial charge in [0.25, 0.3) is 5.56 Å². The Bertz CT molecular complexity index is 514. The van der Waals surface area contributed by atoms with Gasteiger partial charge >= 0.3 is 0 Å². The molecule has 3 N–H and O–H groups in total. The lowest BCUT2D eigenvalue weighted by Crippen LogP contribution is -2.32. The zero-order chi connectivity index (χ0) is 14.7. The van der Waals surface area contributed by atoms with E-state index in [0.29, 0.717) is 35.4 Å². The number of nitrogens with one attached hydrogen (secondary N) is 1. The molecule has 1 fully saturated rings. The summed E-state index contributed by atoms with van der Waals surface area (Å²) in [6.45, 7) is 5.46. The smallest absolute Gasteiger partial charge is 0.283 e. The lowest BCUT2D eigenvalue weighted by molar-refractivity contribution is 0.461. The molecule has 1 aliphatic rings. The summed E-state index contributed by atoms with van der Waals surface area (Å²) in [6.07, 6.45) is 5.18. The molecule has 2 rings (SSSR count). The van der Waals surface area contributed by atoms with Crippen molar-refractivity contribution in [3.05, 3.63) is 21.0 Å². The van der Waals surface area contributed by atoms with Crippen molar-refractivity contribution in [2.45, 2.75) is 45.7 Å². The standard InChI is InChI=1S/C14H23BrN4O/c1-9(2)8-19-14(20)13(15)12(7-17-19)18-11-5-3-4-10(11)6-16/h7,9-11,18H,3-6,8,16H2,1-2H3.